The van der Waals surface area contributed by atoms with Gasteiger partial charge in [-0.1, -0.05) is 31.9 Å². The zero-order valence-electron chi connectivity index (χ0n) is 17.1. The molecular weight excluding hydrogens is 340 g/mol. The van der Waals surface area contributed by atoms with Crippen molar-refractivity contribution in [3.05, 3.63) is 29.8 Å². The van der Waals surface area contributed by atoms with Crippen LogP contribution >= 0.6 is 0 Å². The van der Waals surface area contributed by atoms with E-state index >= 15 is 0 Å². The van der Waals surface area contributed by atoms with Crippen molar-refractivity contribution < 1.29 is 9.53 Å². The van der Waals surface area contributed by atoms with Crippen LogP contribution < -0.4 is 15.4 Å². The third-order valence-electron chi connectivity index (χ3n) is 5.12. The number of nitrogens with zero attached hydrogens (tertiary/aromatic N) is 2. The molecule has 0 saturated heterocycles. The monoisotopic (exact) mass is 374 g/mol. The highest BCUT2D eigenvalue weighted by Gasteiger charge is 2.16. The van der Waals surface area contributed by atoms with Gasteiger partial charge in [0, 0.05) is 26.7 Å². The van der Waals surface area contributed by atoms with Gasteiger partial charge < -0.3 is 20.3 Å². The summed E-state index contributed by atoms with van der Waals surface area (Å²) in [5, 5.41) is 6.90. The van der Waals surface area contributed by atoms with Crippen molar-refractivity contribution in [2.75, 3.05) is 34.3 Å². The average molecular weight is 375 g/mol. The number of carbonyl (C=O) groups excluding carboxylic acids is 1. The maximum Gasteiger partial charge on any atom is 0.243 e. The maximum atomic E-state index is 11.9. The van der Waals surface area contributed by atoms with Crippen molar-refractivity contribution in [2.45, 2.75) is 51.0 Å². The second-order valence-corrected chi connectivity index (χ2v) is 7.47. The number of hydrogen-bond acceptors (Lipinski definition) is 3. The first-order valence-electron chi connectivity index (χ1n) is 9.88. The summed E-state index contributed by atoms with van der Waals surface area (Å²) in [4.78, 5) is 17.9. The molecule has 6 nitrogen and oxygen atoms in total. The number of amides is 1. The summed E-state index contributed by atoms with van der Waals surface area (Å²) < 4.78 is 5.22. The van der Waals surface area contributed by atoms with E-state index < -0.39 is 0 Å². The van der Waals surface area contributed by atoms with Gasteiger partial charge in [-0.15, -0.1) is 0 Å². The third kappa shape index (κ3) is 7.12. The van der Waals surface area contributed by atoms with Gasteiger partial charge in [0.15, 0.2) is 5.96 Å². The SMILES string of the molecule is COc1ccc(C(C)CCNC(=NCC(=O)N(C)C)NC2CCCC2)cc1. The Morgan fingerprint density at radius 1 is 1.26 bits per heavy atom. The van der Waals surface area contributed by atoms with E-state index in [1.54, 1.807) is 26.1 Å². The van der Waals surface area contributed by atoms with E-state index in [1.165, 1.54) is 31.2 Å². The third-order valence-corrected chi connectivity index (χ3v) is 5.12. The summed E-state index contributed by atoms with van der Waals surface area (Å²) in [7, 11) is 5.19. The van der Waals surface area contributed by atoms with Gasteiger partial charge in [-0.25, -0.2) is 4.99 Å². The molecule has 1 atom stereocenters. The lowest BCUT2D eigenvalue weighted by Gasteiger charge is -2.19. The molecule has 1 unspecified atom stereocenters. The molecule has 1 aromatic rings. The molecule has 0 spiro atoms. The summed E-state index contributed by atoms with van der Waals surface area (Å²) in [6.07, 6.45) is 5.85. The molecule has 0 aromatic heterocycles. The molecule has 0 bridgehead atoms. The molecule has 1 aliphatic carbocycles. The molecule has 0 radical (unpaired) electrons. The molecule has 0 aliphatic heterocycles. The molecule has 1 aliphatic rings. The number of benzene rings is 1. The molecule has 150 valence electrons. The lowest BCUT2D eigenvalue weighted by Crippen LogP contribution is -2.43. The number of nitrogens with one attached hydrogen (secondary N) is 2. The van der Waals surface area contributed by atoms with Crippen LogP contribution in [0.2, 0.25) is 0 Å². The lowest BCUT2D eigenvalue weighted by molar-refractivity contribution is -0.127. The van der Waals surface area contributed by atoms with Crippen molar-refractivity contribution >= 4 is 11.9 Å². The van der Waals surface area contributed by atoms with Gasteiger partial charge in [0.05, 0.1) is 7.11 Å². The van der Waals surface area contributed by atoms with Crippen LogP contribution in [-0.2, 0) is 4.79 Å². The van der Waals surface area contributed by atoms with E-state index in [4.69, 9.17) is 4.74 Å². The molecule has 0 heterocycles. The molecule has 6 heteroatoms. The summed E-state index contributed by atoms with van der Waals surface area (Å²) in [5.74, 6) is 2.07. The van der Waals surface area contributed by atoms with Crippen molar-refractivity contribution in [3.63, 3.8) is 0 Å². The molecule has 1 aromatic carbocycles. The first-order chi connectivity index (χ1) is 13.0. The van der Waals surface area contributed by atoms with Crippen LogP contribution in [0.4, 0.5) is 0 Å². The number of aliphatic imine (C=N–C) groups is 1. The summed E-state index contributed by atoms with van der Waals surface area (Å²) in [5.41, 5.74) is 1.29. The Morgan fingerprint density at radius 3 is 2.52 bits per heavy atom. The highest BCUT2D eigenvalue weighted by Crippen LogP contribution is 2.21. The van der Waals surface area contributed by atoms with Gasteiger partial charge >= 0.3 is 0 Å². The van der Waals surface area contributed by atoms with E-state index in [0.29, 0.717) is 12.0 Å². The van der Waals surface area contributed by atoms with E-state index in [-0.39, 0.29) is 12.5 Å². The van der Waals surface area contributed by atoms with Gasteiger partial charge in [-0.05, 0) is 42.9 Å². The Morgan fingerprint density at radius 2 is 1.93 bits per heavy atom. The highest BCUT2D eigenvalue weighted by molar-refractivity contribution is 5.84. The predicted octanol–water partition coefficient (Wildman–Crippen LogP) is 2.75. The summed E-state index contributed by atoms with van der Waals surface area (Å²) in [6, 6.07) is 8.70. The van der Waals surface area contributed by atoms with Crippen LogP contribution in [0.25, 0.3) is 0 Å². The fourth-order valence-corrected chi connectivity index (χ4v) is 3.21. The Labute approximate surface area is 163 Å². The average Bonchev–Trinajstić information content (AvgIpc) is 3.18. The first kappa shape index (κ1) is 21.1. The minimum absolute atomic E-state index is 0.00845. The number of rotatable bonds is 8. The van der Waals surface area contributed by atoms with Gasteiger partial charge in [-0.3, -0.25) is 4.79 Å². The number of carbonyl (C=O) groups is 1. The Hall–Kier alpha value is -2.24. The molecule has 27 heavy (non-hydrogen) atoms. The smallest absolute Gasteiger partial charge is 0.243 e. The van der Waals surface area contributed by atoms with Crippen LogP contribution in [-0.4, -0.2) is 57.1 Å². The van der Waals surface area contributed by atoms with Crippen LogP contribution in [0, 0.1) is 0 Å². The Kier molecular flexibility index (Phi) is 8.43. The molecule has 1 amide bonds. The van der Waals surface area contributed by atoms with Gasteiger partial charge in [0.25, 0.3) is 0 Å². The molecule has 1 saturated carbocycles. The number of hydrogen-bond donors (Lipinski definition) is 2. The van der Waals surface area contributed by atoms with Crippen LogP contribution in [0.15, 0.2) is 29.3 Å². The quantitative estimate of drug-likeness (QED) is 0.542. The number of guanidine groups is 1. The molecule has 1 fully saturated rings. The minimum atomic E-state index is 0.00845. The summed E-state index contributed by atoms with van der Waals surface area (Å²) in [6.45, 7) is 3.20. The zero-order chi connectivity index (χ0) is 19.6. The van der Waals surface area contributed by atoms with E-state index in [0.717, 1.165) is 24.7 Å². The normalized spacial score (nSPS) is 16.1. The topological polar surface area (TPSA) is 66.0 Å². The molecule has 2 N–H and O–H groups in total. The summed E-state index contributed by atoms with van der Waals surface area (Å²) >= 11 is 0. The van der Waals surface area contributed by atoms with Crippen LogP contribution in [0.5, 0.6) is 5.75 Å². The van der Waals surface area contributed by atoms with E-state index in [1.807, 2.05) is 12.1 Å². The molecule has 2 rings (SSSR count). The lowest BCUT2D eigenvalue weighted by atomic mass is 9.98. The highest BCUT2D eigenvalue weighted by atomic mass is 16.5. The van der Waals surface area contributed by atoms with E-state index in [9.17, 15) is 4.79 Å². The number of ether oxygens (including phenoxy) is 1. The maximum absolute atomic E-state index is 11.9. The first-order valence-corrected chi connectivity index (χ1v) is 9.88. The van der Waals surface area contributed by atoms with Gasteiger partial charge in [-0.2, -0.15) is 0 Å². The minimum Gasteiger partial charge on any atom is -0.497 e. The van der Waals surface area contributed by atoms with Gasteiger partial charge in [0.1, 0.15) is 12.3 Å². The van der Waals surface area contributed by atoms with E-state index in [2.05, 4.69) is 34.7 Å². The zero-order valence-corrected chi connectivity index (χ0v) is 17.1. The number of methoxy groups -OCH3 is 1. The van der Waals surface area contributed by atoms with Crippen molar-refractivity contribution in [3.8, 4) is 5.75 Å². The fraction of sp³-hybridized carbons (Fsp3) is 0.619. The molecular formula is C21H34N4O2. The predicted molar refractivity (Wildman–Crippen MR) is 110 cm³/mol. The van der Waals surface area contributed by atoms with Crippen LogP contribution in [0.3, 0.4) is 0 Å². The number of likely N-dealkylation sites (N-methyl/N-ethyl adjacent to an activating group) is 1. The second kappa shape index (κ2) is 10.8. The Balaban J connectivity index is 1.87. The van der Waals surface area contributed by atoms with Crippen LogP contribution in [0.1, 0.15) is 50.5 Å². The standard InChI is InChI=1S/C21H34N4O2/c1-16(17-9-11-19(27-4)12-10-17)13-14-22-21(23-15-20(26)25(2)3)24-18-7-5-6-8-18/h9-12,16,18H,5-8,13-15H2,1-4H3,(H2,22,23,24). The largest absolute Gasteiger partial charge is 0.497 e. The second-order valence-electron chi connectivity index (χ2n) is 7.47. The van der Waals surface area contributed by atoms with Crippen molar-refractivity contribution in [2.24, 2.45) is 4.99 Å². The van der Waals surface area contributed by atoms with Gasteiger partial charge in [0.2, 0.25) is 5.91 Å². The Bertz CT molecular complexity index is 607. The van der Waals surface area contributed by atoms with Crippen molar-refractivity contribution in [1.29, 1.82) is 0 Å². The fourth-order valence-electron chi connectivity index (χ4n) is 3.21. The van der Waals surface area contributed by atoms with Crippen molar-refractivity contribution in [1.82, 2.24) is 15.5 Å².